The largest absolute Gasteiger partial charge is 0.496 e. The van der Waals surface area contributed by atoms with Crippen LogP contribution in [0, 0.1) is 6.92 Å². The predicted octanol–water partition coefficient (Wildman–Crippen LogP) is 5.19. The third-order valence-electron chi connectivity index (χ3n) is 5.22. The van der Waals surface area contributed by atoms with Crippen molar-refractivity contribution in [2.45, 2.75) is 39.0 Å². The molecule has 0 fully saturated rings. The summed E-state index contributed by atoms with van der Waals surface area (Å²) in [5.74, 6) is 0.773. The number of amides is 1. The van der Waals surface area contributed by atoms with Gasteiger partial charge in [-0.3, -0.25) is 4.79 Å². The lowest BCUT2D eigenvalue weighted by atomic mass is 9.90. The molecule has 0 radical (unpaired) electrons. The number of thiazole rings is 1. The lowest BCUT2D eigenvalue weighted by molar-refractivity contribution is -0.115. The molecule has 28 heavy (non-hydrogen) atoms. The van der Waals surface area contributed by atoms with E-state index < -0.39 is 0 Å². The first-order valence-corrected chi connectivity index (χ1v) is 10.5. The minimum absolute atomic E-state index is 0.0593. The summed E-state index contributed by atoms with van der Waals surface area (Å²) >= 11 is 1.47. The fourth-order valence-electron chi connectivity index (χ4n) is 3.76. The smallest absolute Gasteiger partial charge is 0.230 e. The summed E-state index contributed by atoms with van der Waals surface area (Å²) in [4.78, 5) is 17.0. The molecule has 1 aliphatic rings. The van der Waals surface area contributed by atoms with Gasteiger partial charge >= 0.3 is 0 Å². The molecular formula is C23H24N2O2S. The van der Waals surface area contributed by atoms with Gasteiger partial charge in [0.1, 0.15) is 5.75 Å². The Morgan fingerprint density at radius 3 is 2.75 bits per heavy atom. The maximum atomic E-state index is 12.4. The molecule has 0 saturated carbocycles. The highest BCUT2D eigenvalue weighted by Crippen LogP contribution is 2.29. The fraction of sp³-hybridized carbons (Fsp3) is 0.304. The third kappa shape index (κ3) is 4.09. The van der Waals surface area contributed by atoms with Gasteiger partial charge in [0, 0.05) is 10.9 Å². The zero-order valence-electron chi connectivity index (χ0n) is 16.2. The van der Waals surface area contributed by atoms with Crippen LogP contribution in [0.25, 0.3) is 11.3 Å². The molecule has 0 unspecified atom stereocenters. The van der Waals surface area contributed by atoms with E-state index in [4.69, 9.17) is 4.74 Å². The summed E-state index contributed by atoms with van der Waals surface area (Å²) in [6.07, 6.45) is 5.20. The number of nitrogens with one attached hydrogen (secondary N) is 1. The van der Waals surface area contributed by atoms with E-state index in [1.165, 1.54) is 41.7 Å². The Morgan fingerprint density at radius 1 is 1.14 bits per heavy atom. The molecule has 2 aromatic carbocycles. The number of ether oxygens (including phenoxy) is 1. The van der Waals surface area contributed by atoms with Crippen LogP contribution in [0.2, 0.25) is 0 Å². The highest BCUT2D eigenvalue weighted by molar-refractivity contribution is 7.14. The minimum atomic E-state index is -0.0593. The van der Waals surface area contributed by atoms with Crippen LogP contribution >= 0.6 is 11.3 Å². The van der Waals surface area contributed by atoms with Crippen molar-refractivity contribution in [2.75, 3.05) is 12.4 Å². The molecule has 1 heterocycles. The van der Waals surface area contributed by atoms with Crippen LogP contribution in [0.5, 0.6) is 5.75 Å². The highest BCUT2D eigenvalue weighted by Gasteiger charge is 2.13. The van der Waals surface area contributed by atoms with Crippen LogP contribution in [0.15, 0.2) is 41.8 Å². The van der Waals surface area contributed by atoms with Gasteiger partial charge in [-0.25, -0.2) is 4.98 Å². The number of carbonyl (C=O) groups excluding carboxylic acids is 1. The molecule has 5 heteroatoms. The van der Waals surface area contributed by atoms with Crippen molar-refractivity contribution in [1.82, 2.24) is 4.98 Å². The number of benzene rings is 2. The Hall–Kier alpha value is -2.66. The summed E-state index contributed by atoms with van der Waals surface area (Å²) < 4.78 is 5.27. The van der Waals surface area contributed by atoms with Crippen molar-refractivity contribution in [2.24, 2.45) is 0 Å². The van der Waals surface area contributed by atoms with Gasteiger partial charge < -0.3 is 10.1 Å². The second kappa shape index (κ2) is 8.15. The number of methoxy groups -OCH3 is 1. The summed E-state index contributed by atoms with van der Waals surface area (Å²) in [7, 11) is 1.65. The van der Waals surface area contributed by atoms with Crippen molar-refractivity contribution in [3.63, 3.8) is 0 Å². The van der Waals surface area contributed by atoms with Crippen molar-refractivity contribution >= 4 is 22.4 Å². The van der Waals surface area contributed by atoms with E-state index in [9.17, 15) is 4.79 Å². The number of fused-ring (bicyclic) bond motifs is 1. The molecule has 0 atom stereocenters. The minimum Gasteiger partial charge on any atom is -0.496 e. The second-order valence-electron chi connectivity index (χ2n) is 7.26. The van der Waals surface area contributed by atoms with Gasteiger partial charge in [-0.15, -0.1) is 11.3 Å². The first kappa shape index (κ1) is 18.7. The van der Waals surface area contributed by atoms with E-state index in [1.54, 1.807) is 7.11 Å². The molecule has 0 bridgehead atoms. The maximum absolute atomic E-state index is 12.4. The van der Waals surface area contributed by atoms with E-state index in [-0.39, 0.29) is 5.91 Å². The zero-order chi connectivity index (χ0) is 19.5. The zero-order valence-corrected chi connectivity index (χ0v) is 17.1. The van der Waals surface area contributed by atoms with Crippen molar-refractivity contribution in [3.8, 4) is 17.0 Å². The number of rotatable bonds is 5. The van der Waals surface area contributed by atoms with Crippen LogP contribution < -0.4 is 10.1 Å². The van der Waals surface area contributed by atoms with Crippen molar-refractivity contribution in [1.29, 1.82) is 0 Å². The molecule has 1 N–H and O–H groups in total. The summed E-state index contributed by atoms with van der Waals surface area (Å²) in [5, 5.41) is 5.58. The van der Waals surface area contributed by atoms with Crippen LogP contribution in [0.1, 0.15) is 35.1 Å². The average Bonchev–Trinajstić information content (AvgIpc) is 3.16. The first-order chi connectivity index (χ1) is 13.6. The van der Waals surface area contributed by atoms with E-state index in [1.807, 2.05) is 30.5 Å². The summed E-state index contributed by atoms with van der Waals surface area (Å²) in [6, 6.07) is 12.4. The monoisotopic (exact) mass is 392 g/mol. The Labute approximate surface area is 169 Å². The number of hydrogen-bond acceptors (Lipinski definition) is 4. The van der Waals surface area contributed by atoms with Gasteiger partial charge in [0.05, 0.1) is 19.2 Å². The summed E-state index contributed by atoms with van der Waals surface area (Å²) in [6.45, 7) is 1.98. The lowest BCUT2D eigenvalue weighted by Gasteiger charge is -2.16. The highest BCUT2D eigenvalue weighted by atomic mass is 32.1. The number of hydrogen-bond donors (Lipinski definition) is 1. The molecule has 0 spiro atoms. The van der Waals surface area contributed by atoms with Crippen molar-refractivity contribution < 1.29 is 9.53 Å². The van der Waals surface area contributed by atoms with E-state index in [0.29, 0.717) is 11.6 Å². The molecule has 4 nitrogen and oxygen atoms in total. The van der Waals surface area contributed by atoms with Gasteiger partial charge in [0.15, 0.2) is 5.13 Å². The SMILES string of the molecule is COc1ccc(CC(=O)Nc2nc(-c3ccc4c(c3)CCCC4)cs2)cc1C. The van der Waals surface area contributed by atoms with Crippen molar-refractivity contribution in [3.05, 3.63) is 64.0 Å². The van der Waals surface area contributed by atoms with Gasteiger partial charge in [-0.2, -0.15) is 0 Å². The van der Waals surface area contributed by atoms with Crippen LogP contribution in [0.4, 0.5) is 5.13 Å². The molecule has 1 aromatic heterocycles. The van der Waals surface area contributed by atoms with E-state index >= 15 is 0 Å². The first-order valence-electron chi connectivity index (χ1n) is 9.63. The van der Waals surface area contributed by atoms with Gasteiger partial charge in [-0.05, 0) is 67.0 Å². The Balaban J connectivity index is 1.43. The molecule has 3 aromatic rings. The van der Waals surface area contributed by atoms with Gasteiger partial charge in [0.2, 0.25) is 5.91 Å². The molecule has 1 amide bonds. The number of aryl methyl sites for hydroxylation is 3. The number of nitrogens with zero attached hydrogens (tertiary/aromatic N) is 1. The standard InChI is InChI=1S/C23H24N2O2S/c1-15-11-16(7-10-21(15)27-2)12-22(26)25-23-24-20(14-28-23)19-9-8-17-5-3-4-6-18(17)13-19/h7-11,13-14H,3-6,12H2,1-2H3,(H,24,25,26). The molecule has 0 saturated heterocycles. The Bertz CT molecular complexity index is 1010. The van der Waals surface area contributed by atoms with Crippen LogP contribution in [-0.4, -0.2) is 18.0 Å². The lowest BCUT2D eigenvalue weighted by Crippen LogP contribution is -2.14. The number of carbonyl (C=O) groups is 1. The number of aromatic nitrogens is 1. The Morgan fingerprint density at radius 2 is 1.96 bits per heavy atom. The topological polar surface area (TPSA) is 51.2 Å². The molecule has 144 valence electrons. The van der Waals surface area contributed by atoms with Crippen LogP contribution in [-0.2, 0) is 24.1 Å². The van der Waals surface area contributed by atoms with E-state index in [0.717, 1.165) is 34.6 Å². The second-order valence-corrected chi connectivity index (χ2v) is 8.12. The molecule has 1 aliphatic carbocycles. The van der Waals surface area contributed by atoms with Gasteiger partial charge in [-0.1, -0.05) is 24.3 Å². The maximum Gasteiger partial charge on any atom is 0.230 e. The molecule has 4 rings (SSSR count). The Kier molecular flexibility index (Phi) is 5.44. The van der Waals surface area contributed by atoms with Crippen LogP contribution in [0.3, 0.4) is 0 Å². The fourth-order valence-corrected chi connectivity index (χ4v) is 4.49. The molecular weight excluding hydrogens is 368 g/mol. The molecule has 0 aliphatic heterocycles. The predicted molar refractivity (Wildman–Crippen MR) is 114 cm³/mol. The average molecular weight is 393 g/mol. The normalized spacial score (nSPS) is 13.1. The van der Waals surface area contributed by atoms with E-state index in [2.05, 4.69) is 28.5 Å². The number of anilines is 1. The van der Waals surface area contributed by atoms with Gasteiger partial charge in [0.25, 0.3) is 0 Å². The summed E-state index contributed by atoms with van der Waals surface area (Å²) in [5.41, 5.74) is 6.95. The third-order valence-corrected chi connectivity index (χ3v) is 5.98. The quantitative estimate of drug-likeness (QED) is 0.650.